The van der Waals surface area contributed by atoms with Crippen molar-refractivity contribution in [3.8, 4) is 0 Å². The van der Waals surface area contributed by atoms with Crippen LogP contribution in [0.15, 0.2) is 28.7 Å². The molecule has 0 radical (unpaired) electrons. The third kappa shape index (κ3) is 3.63. The minimum Gasteiger partial charge on any atom is -0.354 e. The Hall–Kier alpha value is -1.70. The van der Waals surface area contributed by atoms with Crippen molar-refractivity contribution in [2.24, 2.45) is 0 Å². The van der Waals surface area contributed by atoms with Gasteiger partial charge < -0.3 is 4.90 Å². The van der Waals surface area contributed by atoms with Gasteiger partial charge in [0.15, 0.2) is 5.82 Å². The summed E-state index contributed by atoms with van der Waals surface area (Å²) in [7, 11) is 0. The first kappa shape index (κ1) is 16.8. The SMILES string of the molecule is Cc1nc(CN2CCN(c3ccc4cc(Br)cc(Cl)c4n3)CC2)n[nH]1. The Balaban J connectivity index is 1.46. The largest absolute Gasteiger partial charge is 0.354 e. The van der Waals surface area contributed by atoms with Gasteiger partial charge in [-0.2, -0.15) is 5.10 Å². The van der Waals surface area contributed by atoms with E-state index in [9.17, 15) is 0 Å². The summed E-state index contributed by atoms with van der Waals surface area (Å²) < 4.78 is 0.968. The average Bonchev–Trinajstić information content (AvgIpc) is 3.00. The van der Waals surface area contributed by atoms with Gasteiger partial charge in [-0.15, -0.1) is 0 Å². The van der Waals surface area contributed by atoms with E-state index in [-0.39, 0.29) is 0 Å². The van der Waals surface area contributed by atoms with E-state index in [4.69, 9.17) is 16.6 Å². The van der Waals surface area contributed by atoms with Gasteiger partial charge in [-0.1, -0.05) is 27.5 Å². The fraction of sp³-hybridized carbons (Fsp3) is 0.353. The number of piperazine rings is 1. The maximum absolute atomic E-state index is 6.35. The Bertz CT molecular complexity index is 903. The molecular formula is C17H18BrClN6. The van der Waals surface area contributed by atoms with Gasteiger partial charge in [0.25, 0.3) is 0 Å². The lowest BCUT2D eigenvalue weighted by Gasteiger charge is -2.34. The highest BCUT2D eigenvalue weighted by atomic mass is 79.9. The van der Waals surface area contributed by atoms with Crippen molar-refractivity contribution < 1.29 is 0 Å². The van der Waals surface area contributed by atoms with Crippen LogP contribution < -0.4 is 4.90 Å². The van der Waals surface area contributed by atoms with Gasteiger partial charge in [-0.25, -0.2) is 9.97 Å². The molecule has 25 heavy (non-hydrogen) atoms. The van der Waals surface area contributed by atoms with Crippen LogP contribution in [-0.2, 0) is 6.54 Å². The van der Waals surface area contributed by atoms with Crippen LogP contribution in [0.2, 0.25) is 5.02 Å². The number of pyridine rings is 1. The predicted molar refractivity (Wildman–Crippen MR) is 103 cm³/mol. The second-order valence-electron chi connectivity index (χ2n) is 6.23. The van der Waals surface area contributed by atoms with Crippen LogP contribution >= 0.6 is 27.5 Å². The first-order valence-electron chi connectivity index (χ1n) is 8.19. The van der Waals surface area contributed by atoms with E-state index < -0.39 is 0 Å². The summed E-state index contributed by atoms with van der Waals surface area (Å²) in [4.78, 5) is 13.8. The summed E-state index contributed by atoms with van der Waals surface area (Å²) >= 11 is 9.83. The maximum Gasteiger partial charge on any atom is 0.164 e. The van der Waals surface area contributed by atoms with Gasteiger partial charge in [0.05, 0.1) is 17.1 Å². The molecule has 1 saturated heterocycles. The lowest BCUT2D eigenvalue weighted by Crippen LogP contribution is -2.46. The zero-order valence-corrected chi connectivity index (χ0v) is 16.2. The highest BCUT2D eigenvalue weighted by Gasteiger charge is 2.19. The second-order valence-corrected chi connectivity index (χ2v) is 7.55. The van der Waals surface area contributed by atoms with Gasteiger partial charge in [-0.3, -0.25) is 10.00 Å². The van der Waals surface area contributed by atoms with Gasteiger partial charge in [-0.05, 0) is 31.2 Å². The molecule has 6 nitrogen and oxygen atoms in total. The molecule has 0 aliphatic carbocycles. The zero-order chi connectivity index (χ0) is 17.4. The van der Waals surface area contributed by atoms with Crippen LogP contribution in [0.1, 0.15) is 11.6 Å². The number of H-pyrrole nitrogens is 1. The molecule has 0 unspecified atom stereocenters. The van der Waals surface area contributed by atoms with Crippen LogP contribution in [0, 0.1) is 6.92 Å². The van der Waals surface area contributed by atoms with Crippen molar-refractivity contribution in [3.05, 3.63) is 45.4 Å². The number of hydrogen-bond donors (Lipinski definition) is 1. The predicted octanol–water partition coefficient (Wildman–Crippen LogP) is 3.40. The van der Waals surface area contributed by atoms with Gasteiger partial charge in [0.1, 0.15) is 11.6 Å². The van der Waals surface area contributed by atoms with Crippen LogP contribution in [-0.4, -0.2) is 51.2 Å². The van der Waals surface area contributed by atoms with Gasteiger partial charge in [0.2, 0.25) is 0 Å². The number of hydrogen-bond acceptors (Lipinski definition) is 5. The van der Waals surface area contributed by atoms with Gasteiger partial charge >= 0.3 is 0 Å². The van der Waals surface area contributed by atoms with E-state index in [0.29, 0.717) is 5.02 Å². The molecule has 1 N–H and O–H groups in total. The minimum absolute atomic E-state index is 0.671. The Morgan fingerprint density at radius 1 is 1.16 bits per heavy atom. The van der Waals surface area contributed by atoms with E-state index in [1.54, 1.807) is 0 Å². The molecule has 1 aliphatic heterocycles. The van der Waals surface area contributed by atoms with Crippen molar-refractivity contribution in [2.45, 2.75) is 13.5 Å². The van der Waals surface area contributed by atoms with Crippen LogP contribution in [0.25, 0.3) is 10.9 Å². The molecule has 3 heterocycles. The van der Waals surface area contributed by atoms with Crippen molar-refractivity contribution in [1.82, 2.24) is 25.1 Å². The number of fused-ring (bicyclic) bond motifs is 1. The number of benzene rings is 1. The summed E-state index contributed by atoms with van der Waals surface area (Å²) in [6.07, 6.45) is 0. The van der Waals surface area contributed by atoms with Crippen molar-refractivity contribution in [2.75, 3.05) is 31.1 Å². The van der Waals surface area contributed by atoms with Gasteiger partial charge in [0, 0.05) is 36.0 Å². The summed E-state index contributed by atoms with van der Waals surface area (Å²) in [5, 5.41) is 8.83. The standard InChI is InChI=1S/C17H18BrClN6/c1-11-20-15(23-22-11)10-24-4-6-25(7-5-24)16-3-2-12-8-13(18)9-14(19)17(12)21-16/h2-3,8-9H,4-7,10H2,1H3,(H,20,22,23). The molecule has 0 amide bonds. The van der Waals surface area contributed by atoms with E-state index in [2.05, 4.69) is 53.0 Å². The minimum atomic E-state index is 0.671. The van der Waals surface area contributed by atoms with Crippen molar-refractivity contribution in [3.63, 3.8) is 0 Å². The summed E-state index contributed by atoms with van der Waals surface area (Å²) in [6, 6.07) is 8.07. The summed E-state index contributed by atoms with van der Waals surface area (Å²) in [5.41, 5.74) is 0.848. The molecular weight excluding hydrogens is 404 g/mol. The molecule has 4 rings (SSSR count). The highest BCUT2D eigenvalue weighted by molar-refractivity contribution is 9.10. The number of nitrogens with zero attached hydrogens (tertiary/aromatic N) is 5. The van der Waals surface area contributed by atoms with Crippen LogP contribution in [0.5, 0.6) is 0 Å². The quantitative estimate of drug-likeness (QED) is 0.702. The normalized spacial score (nSPS) is 15.9. The molecule has 1 aromatic carbocycles. The third-order valence-corrected chi connectivity index (χ3v) is 5.15. The molecule has 1 aliphatic rings. The Kier molecular flexibility index (Phi) is 4.62. The molecule has 0 bridgehead atoms. The van der Waals surface area contributed by atoms with Crippen molar-refractivity contribution in [1.29, 1.82) is 0 Å². The number of aryl methyl sites for hydroxylation is 1. The number of aromatic amines is 1. The summed E-state index contributed by atoms with van der Waals surface area (Å²) in [5.74, 6) is 2.69. The Morgan fingerprint density at radius 2 is 1.96 bits per heavy atom. The summed E-state index contributed by atoms with van der Waals surface area (Å²) in [6.45, 7) is 6.47. The monoisotopic (exact) mass is 420 g/mol. The first-order valence-corrected chi connectivity index (χ1v) is 9.36. The van der Waals surface area contributed by atoms with Crippen LogP contribution in [0.4, 0.5) is 5.82 Å². The molecule has 8 heteroatoms. The number of nitrogens with one attached hydrogen (secondary N) is 1. The smallest absolute Gasteiger partial charge is 0.164 e. The molecule has 0 saturated carbocycles. The molecule has 1 fully saturated rings. The van der Waals surface area contributed by atoms with E-state index in [1.807, 2.05) is 19.1 Å². The van der Waals surface area contributed by atoms with Crippen LogP contribution in [0.3, 0.4) is 0 Å². The molecule has 0 spiro atoms. The number of rotatable bonds is 3. The second kappa shape index (κ2) is 6.90. The lowest BCUT2D eigenvalue weighted by atomic mass is 10.2. The lowest BCUT2D eigenvalue weighted by molar-refractivity contribution is 0.244. The Morgan fingerprint density at radius 3 is 2.68 bits per heavy atom. The number of aromatic nitrogens is 4. The van der Waals surface area contributed by atoms with Crippen molar-refractivity contribution >= 4 is 44.3 Å². The maximum atomic E-state index is 6.35. The molecule has 0 atom stereocenters. The zero-order valence-electron chi connectivity index (χ0n) is 13.8. The van der Waals surface area contributed by atoms with E-state index >= 15 is 0 Å². The molecule has 3 aromatic rings. The first-order chi connectivity index (χ1) is 12.1. The fourth-order valence-electron chi connectivity index (χ4n) is 3.12. The Labute approximate surface area is 159 Å². The highest BCUT2D eigenvalue weighted by Crippen LogP contribution is 2.29. The average molecular weight is 422 g/mol. The topological polar surface area (TPSA) is 60.9 Å². The van der Waals surface area contributed by atoms with E-state index in [0.717, 1.165) is 65.6 Å². The fourth-order valence-corrected chi connectivity index (χ4v) is 3.99. The number of halogens is 2. The van der Waals surface area contributed by atoms with E-state index in [1.165, 1.54) is 0 Å². The molecule has 130 valence electrons. The number of anilines is 1. The molecule has 2 aromatic heterocycles. The third-order valence-electron chi connectivity index (χ3n) is 4.40.